The Kier molecular flexibility index (Phi) is 3.82. The number of carbonyl (C=O) groups is 2. The van der Waals surface area contributed by atoms with Crippen LogP contribution in [0.1, 0.15) is 6.42 Å². The first-order chi connectivity index (χ1) is 8.72. The zero-order valence-corrected chi connectivity index (χ0v) is 10.3. The second kappa shape index (κ2) is 5.53. The van der Waals surface area contributed by atoms with Crippen LogP contribution in [0.5, 0.6) is 0 Å². The molecule has 1 aromatic rings. The number of methoxy groups -OCH3 is 1. The van der Waals surface area contributed by atoms with Gasteiger partial charge in [-0.2, -0.15) is 0 Å². The fourth-order valence-electron chi connectivity index (χ4n) is 2.02. The van der Waals surface area contributed by atoms with Crippen LogP contribution in [0.15, 0.2) is 30.3 Å². The second-order valence-corrected chi connectivity index (χ2v) is 4.09. The number of ether oxygens (including phenoxy) is 1. The minimum atomic E-state index is -0.377. The topological polar surface area (TPSA) is 49.9 Å². The third-order valence-corrected chi connectivity index (χ3v) is 2.99. The maximum atomic E-state index is 12.0. The molecule has 0 radical (unpaired) electrons. The van der Waals surface area contributed by atoms with E-state index in [0.717, 1.165) is 5.69 Å². The molecule has 1 heterocycles. The van der Waals surface area contributed by atoms with Gasteiger partial charge in [0.1, 0.15) is 0 Å². The highest BCUT2D eigenvalue weighted by Gasteiger charge is 2.24. The molecule has 96 valence electrons. The number of hydrogen-bond acceptors (Lipinski definition) is 3. The molecule has 0 aliphatic carbocycles. The van der Waals surface area contributed by atoms with Crippen molar-refractivity contribution >= 4 is 17.7 Å². The molecule has 5 nitrogen and oxygen atoms in total. The van der Waals surface area contributed by atoms with Gasteiger partial charge in [0.15, 0.2) is 0 Å². The molecule has 18 heavy (non-hydrogen) atoms. The molecule has 1 aromatic carbocycles. The minimum Gasteiger partial charge on any atom is -0.453 e. The van der Waals surface area contributed by atoms with Gasteiger partial charge in [-0.05, 0) is 12.1 Å². The molecule has 1 fully saturated rings. The van der Waals surface area contributed by atoms with Crippen LogP contribution in [0, 0.1) is 0 Å². The number of anilines is 1. The van der Waals surface area contributed by atoms with Crippen LogP contribution in [0.4, 0.5) is 10.5 Å². The van der Waals surface area contributed by atoms with E-state index < -0.39 is 0 Å². The molecule has 1 aliphatic heterocycles. The Hall–Kier alpha value is -2.04. The van der Waals surface area contributed by atoms with E-state index in [1.807, 2.05) is 30.3 Å². The standard InChI is InChI=1S/C13H16N2O3/c1-18-13(17)14-8-7-12(16)15(10-9-14)11-5-3-2-4-6-11/h2-6H,7-10H2,1H3. The molecule has 2 amide bonds. The lowest BCUT2D eigenvalue weighted by molar-refractivity contribution is -0.118. The van der Waals surface area contributed by atoms with Gasteiger partial charge in [0.25, 0.3) is 0 Å². The lowest BCUT2D eigenvalue weighted by atomic mass is 10.2. The predicted octanol–water partition coefficient (Wildman–Crippen LogP) is 1.49. The summed E-state index contributed by atoms with van der Waals surface area (Å²) in [5, 5.41) is 0. The van der Waals surface area contributed by atoms with E-state index in [1.54, 1.807) is 9.80 Å². The summed E-state index contributed by atoms with van der Waals surface area (Å²) in [5.74, 6) is 0.0348. The van der Waals surface area contributed by atoms with Crippen molar-refractivity contribution in [1.82, 2.24) is 4.90 Å². The van der Waals surface area contributed by atoms with Crippen molar-refractivity contribution in [1.29, 1.82) is 0 Å². The molecule has 2 rings (SSSR count). The zero-order valence-electron chi connectivity index (χ0n) is 10.3. The molecule has 0 N–H and O–H groups in total. The van der Waals surface area contributed by atoms with E-state index in [4.69, 9.17) is 0 Å². The van der Waals surface area contributed by atoms with E-state index in [0.29, 0.717) is 26.1 Å². The fourth-order valence-corrected chi connectivity index (χ4v) is 2.02. The molecule has 1 aliphatic rings. The van der Waals surface area contributed by atoms with Gasteiger partial charge >= 0.3 is 6.09 Å². The summed E-state index contributed by atoms with van der Waals surface area (Å²) in [6, 6.07) is 9.49. The van der Waals surface area contributed by atoms with E-state index >= 15 is 0 Å². The van der Waals surface area contributed by atoms with Crippen molar-refractivity contribution in [2.45, 2.75) is 6.42 Å². The Morgan fingerprint density at radius 2 is 1.89 bits per heavy atom. The molecule has 0 aromatic heterocycles. The summed E-state index contributed by atoms with van der Waals surface area (Å²) >= 11 is 0. The van der Waals surface area contributed by atoms with E-state index in [2.05, 4.69) is 4.74 Å². The molecule has 5 heteroatoms. The van der Waals surface area contributed by atoms with Crippen LogP contribution < -0.4 is 4.90 Å². The van der Waals surface area contributed by atoms with E-state index in [-0.39, 0.29) is 12.0 Å². The van der Waals surface area contributed by atoms with Gasteiger partial charge in [0.05, 0.1) is 7.11 Å². The highest BCUT2D eigenvalue weighted by molar-refractivity contribution is 5.94. The summed E-state index contributed by atoms with van der Waals surface area (Å²) in [4.78, 5) is 26.7. The molecular formula is C13H16N2O3. The van der Waals surface area contributed by atoms with Crippen molar-refractivity contribution < 1.29 is 14.3 Å². The van der Waals surface area contributed by atoms with E-state index in [1.165, 1.54) is 7.11 Å². The maximum absolute atomic E-state index is 12.0. The summed E-state index contributed by atoms with van der Waals surface area (Å²) in [6.45, 7) is 1.40. The Morgan fingerprint density at radius 3 is 2.56 bits per heavy atom. The van der Waals surface area contributed by atoms with Gasteiger partial charge in [-0.15, -0.1) is 0 Å². The maximum Gasteiger partial charge on any atom is 0.409 e. The van der Waals surface area contributed by atoms with Gasteiger partial charge in [-0.3, -0.25) is 4.79 Å². The highest BCUT2D eigenvalue weighted by Crippen LogP contribution is 2.16. The van der Waals surface area contributed by atoms with Crippen molar-refractivity contribution in [2.24, 2.45) is 0 Å². The van der Waals surface area contributed by atoms with Crippen molar-refractivity contribution in [3.8, 4) is 0 Å². The summed E-state index contributed by atoms with van der Waals surface area (Å²) < 4.78 is 4.68. The molecule has 0 bridgehead atoms. The highest BCUT2D eigenvalue weighted by atomic mass is 16.5. The van der Waals surface area contributed by atoms with Crippen LogP contribution in [-0.2, 0) is 9.53 Å². The monoisotopic (exact) mass is 248 g/mol. The number of rotatable bonds is 1. The van der Waals surface area contributed by atoms with Crippen LogP contribution in [-0.4, -0.2) is 43.6 Å². The Balaban J connectivity index is 2.11. The summed E-state index contributed by atoms with van der Waals surface area (Å²) in [6.07, 6.45) is -0.0537. The van der Waals surface area contributed by atoms with Gasteiger partial charge in [0, 0.05) is 31.7 Å². The molecular weight excluding hydrogens is 232 g/mol. The first-order valence-corrected chi connectivity index (χ1v) is 5.90. The zero-order chi connectivity index (χ0) is 13.0. The van der Waals surface area contributed by atoms with Crippen LogP contribution in [0.3, 0.4) is 0 Å². The smallest absolute Gasteiger partial charge is 0.409 e. The minimum absolute atomic E-state index is 0.0348. The van der Waals surface area contributed by atoms with Crippen molar-refractivity contribution in [3.05, 3.63) is 30.3 Å². The van der Waals surface area contributed by atoms with Gasteiger partial charge in [-0.25, -0.2) is 4.79 Å². The Bertz CT molecular complexity index is 433. The quantitative estimate of drug-likeness (QED) is 0.756. The number of carbonyl (C=O) groups excluding carboxylic acids is 2. The van der Waals surface area contributed by atoms with Crippen LogP contribution in [0.2, 0.25) is 0 Å². The molecule has 0 atom stereocenters. The largest absolute Gasteiger partial charge is 0.453 e. The number of amides is 2. The lowest BCUT2D eigenvalue weighted by Gasteiger charge is -2.21. The lowest BCUT2D eigenvalue weighted by Crippen LogP contribution is -2.35. The number of nitrogens with zero attached hydrogens (tertiary/aromatic N) is 2. The number of benzene rings is 1. The van der Waals surface area contributed by atoms with Crippen molar-refractivity contribution in [3.63, 3.8) is 0 Å². The normalized spacial score (nSPS) is 16.4. The van der Waals surface area contributed by atoms with Gasteiger partial charge in [0.2, 0.25) is 5.91 Å². The summed E-state index contributed by atoms with van der Waals surface area (Å²) in [5.41, 5.74) is 0.870. The summed E-state index contributed by atoms with van der Waals surface area (Å²) in [7, 11) is 1.35. The third kappa shape index (κ3) is 2.61. The van der Waals surface area contributed by atoms with E-state index in [9.17, 15) is 9.59 Å². The van der Waals surface area contributed by atoms with Crippen LogP contribution >= 0.6 is 0 Å². The second-order valence-electron chi connectivity index (χ2n) is 4.09. The van der Waals surface area contributed by atoms with Crippen LogP contribution in [0.25, 0.3) is 0 Å². The van der Waals surface area contributed by atoms with Gasteiger partial charge in [-0.1, -0.05) is 18.2 Å². The molecule has 0 saturated carbocycles. The first kappa shape index (κ1) is 12.4. The van der Waals surface area contributed by atoms with Gasteiger partial charge < -0.3 is 14.5 Å². The Labute approximate surface area is 106 Å². The molecule has 1 saturated heterocycles. The van der Waals surface area contributed by atoms with Crippen molar-refractivity contribution in [2.75, 3.05) is 31.6 Å². The fraction of sp³-hybridized carbons (Fsp3) is 0.385. The number of para-hydroxylation sites is 1. The molecule has 0 unspecified atom stereocenters. The average Bonchev–Trinajstić information content (AvgIpc) is 2.61. The average molecular weight is 248 g/mol. The SMILES string of the molecule is COC(=O)N1CCC(=O)N(c2ccccc2)CC1. The Morgan fingerprint density at radius 1 is 1.17 bits per heavy atom. The first-order valence-electron chi connectivity index (χ1n) is 5.90. The molecule has 0 spiro atoms. The third-order valence-electron chi connectivity index (χ3n) is 2.99. The predicted molar refractivity (Wildman–Crippen MR) is 67.4 cm³/mol. The number of hydrogen-bond donors (Lipinski definition) is 0.